The van der Waals surface area contributed by atoms with E-state index in [0.717, 1.165) is 25.7 Å². The summed E-state index contributed by atoms with van der Waals surface area (Å²) in [6.07, 6.45) is 5.24. The van der Waals surface area contributed by atoms with Crippen LogP contribution in [0.1, 0.15) is 71.7 Å². The average Bonchev–Trinajstić information content (AvgIpc) is 3.00. The fourth-order valence-electron chi connectivity index (χ4n) is 3.92. The van der Waals surface area contributed by atoms with Crippen molar-refractivity contribution in [3.8, 4) is 23.0 Å². The van der Waals surface area contributed by atoms with Crippen LogP contribution in [0.5, 0.6) is 23.0 Å². The summed E-state index contributed by atoms with van der Waals surface area (Å²) in [5, 5.41) is 0. The van der Waals surface area contributed by atoms with Crippen LogP contribution in [0.4, 0.5) is 4.79 Å². The Balaban J connectivity index is 1.40. The molecule has 0 atom stereocenters. The first-order chi connectivity index (χ1) is 21.1. The minimum atomic E-state index is -0.843. The molecule has 3 rings (SSSR count). The van der Waals surface area contributed by atoms with E-state index in [0.29, 0.717) is 29.9 Å². The lowest BCUT2D eigenvalue weighted by atomic mass is 10.1. The van der Waals surface area contributed by atoms with Gasteiger partial charge in [0.15, 0.2) is 5.78 Å². The topological polar surface area (TPSA) is 132 Å². The van der Waals surface area contributed by atoms with Crippen LogP contribution in [0.2, 0.25) is 0 Å². The molecule has 0 bridgehead atoms. The number of carbonyl (C=O) groups excluding carboxylic acids is 5. The number of benzene rings is 3. The highest BCUT2D eigenvalue weighted by Crippen LogP contribution is 2.25. The van der Waals surface area contributed by atoms with E-state index in [9.17, 15) is 24.0 Å². The summed E-state index contributed by atoms with van der Waals surface area (Å²) in [5.74, 6) is -0.601. The summed E-state index contributed by atoms with van der Waals surface area (Å²) >= 11 is 0. The first-order valence-corrected chi connectivity index (χ1v) is 14.1. The van der Waals surface area contributed by atoms with Gasteiger partial charge in [0.25, 0.3) is 0 Å². The van der Waals surface area contributed by atoms with E-state index < -0.39 is 24.1 Å². The third-order valence-electron chi connectivity index (χ3n) is 6.22. The van der Waals surface area contributed by atoms with Crippen molar-refractivity contribution < 1.29 is 47.7 Å². The Morgan fingerprint density at radius 3 is 1.80 bits per heavy atom. The molecule has 0 N–H and O–H groups in total. The van der Waals surface area contributed by atoms with Crippen LogP contribution < -0.4 is 18.9 Å². The van der Waals surface area contributed by atoms with Crippen molar-refractivity contribution >= 4 is 29.8 Å². The van der Waals surface area contributed by atoms with Crippen molar-refractivity contribution in [2.75, 3.05) is 6.61 Å². The predicted molar refractivity (Wildman–Crippen MR) is 160 cm³/mol. The SMILES string of the molecule is C=CC(=O)CCCCCCCOC(=O)Oc1ccc(C(=O)Oc2ccc(C(=O)Oc3ccc(OC(C)=O)cc3C)cc2)cc1. The lowest BCUT2D eigenvalue weighted by molar-refractivity contribution is -0.131. The molecule has 0 aliphatic heterocycles. The van der Waals surface area contributed by atoms with Crippen LogP contribution >= 0.6 is 0 Å². The molecule has 0 saturated heterocycles. The molecule has 10 nitrogen and oxygen atoms in total. The van der Waals surface area contributed by atoms with E-state index in [4.69, 9.17) is 23.7 Å². The van der Waals surface area contributed by atoms with Crippen LogP contribution in [0.15, 0.2) is 79.4 Å². The molecule has 0 aromatic heterocycles. The maximum atomic E-state index is 12.6. The van der Waals surface area contributed by atoms with Gasteiger partial charge >= 0.3 is 24.1 Å². The first-order valence-electron chi connectivity index (χ1n) is 14.1. The van der Waals surface area contributed by atoms with E-state index >= 15 is 0 Å². The number of hydrogen-bond donors (Lipinski definition) is 0. The number of esters is 3. The molecule has 230 valence electrons. The van der Waals surface area contributed by atoms with Gasteiger partial charge in [-0.3, -0.25) is 9.59 Å². The molecule has 0 amide bonds. The van der Waals surface area contributed by atoms with Gasteiger partial charge < -0.3 is 23.7 Å². The van der Waals surface area contributed by atoms with Gasteiger partial charge in [-0.1, -0.05) is 25.8 Å². The van der Waals surface area contributed by atoms with Gasteiger partial charge in [0, 0.05) is 13.3 Å². The molecule has 0 unspecified atom stereocenters. The lowest BCUT2D eigenvalue weighted by Crippen LogP contribution is -2.12. The van der Waals surface area contributed by atoms with E-state index in [1.807, 2.05) is 0 Å². The van der Waals surface area contributed by atoms with Crippen molar-refractivity contribution in [3.63, 3.8) is 0 Å². The highest BCUT2D eigenvalue weighted by Gasteiger charge is 2.14. The summed E-state index contributed by atoms with van der Waals surface area (Å²) in [7, 11) is 0. The molecule has 0 fully saturated rings. The summed E-state index contributed by atoms with van der Waals surface area (Å²) in [4.78, 5) is 59.3. The molecule has 10 heteroatoms. The molecule has 0 radical (unpaired) electrons. The van der Waals surface area contributed by atoms with Crippen LogP contribution in [-0.4, -0.2) is 36.5 Å². The van der Waals surface area contributed by atoms with Crippen LogP contribution in [0, 0.1) is 6.92 Å². The molecule has 0 heterocycles. The highest BCUT2D eigenvalue weighted by atomic mass is 16.7. The van der Waals surface area contributed by atoms with E-state index in [2.05, 4.69) is 6.58 Å². The standard InChI is InChI=1S/C34H34O10/c1-4-27(36)10-8-6-5-7-9-21-40-34(39)43-29-17-13-25(14-18-29)32(37)42-28-15-11-26(12-16-28)33(38)44-31-20-19-30(22-23(31)2)41-24(3)35/h4,11-20,22H,1,5-10,21H2,2-3H3. The van der Waals surface area contributed by atoms with Gasteiger partial charge in [-0.15, -0.1) is 0 Å². The van der Waals surface area contributed by atoms with Gasteiger partial charge in [-0.25, -0.2) is 14.4 Å². The molecule has 44 heavy (non-hydrogen) atoms. The number of unbranched alkanes of at least 4 members (excludes halogenated alkanes) is 4. The number of carbonyl (C=O) groups is 5. The summed E-state index contributed by atoms with van der Waals surface area (Å²) in [5.41, 5.74) is 1.06. The minimum absolute atomic E-state index is 0.0480. The number of ether oxygens (including phenoxy) is 5. The Hall–Kier alpha value is -5.25. The maximum absolute atomic E-state index is 12.6. The predicted octanol–water partition coefficient (Wildman–Crippen LogP) is 6.97. The molecule has 0 aliphatic carbocycles. The third kappa shape index (κ3) is 11.2. The van der Waals surface area contributed by atoms with Crippen molar-refractivity contribution in [1.82, 2.24) is 0 Å². The Bertz CT molecular complexity index is 1470. The second kappa shape index (κ2) is 17.0. The van der Waals surface area contributed by atoms with Gasteiger partial charge in [-0.05, 0) is 98.1 Å². The fourth-order valence-corrected chi connectivity index (χ4v) is 3.92. The van der Waals surface area contributed by atoms with Crippen LogP contribution in [-0.2, 0) is 14.3 Å². The first kappa shape index (κ1) is 33.3. The largest absolute Gasteiger partial charge is 0.513 e. The highest BCUT2D eigenvalue weighted by molar-refractivity contribution is 5.93. The molecule has 0 saturated carbocycles. The lowest BCUT2D eigenvalue weighted by Gasteiger charge is -2.10. The zero-order chi connectivity index (χ0) is 31.9. The Kier molecular flexibility index (Phi) is 12.9. The minimum Gasteiger partial charge on any atom is -0.434 e. The van der Waals surface area contributed by atoms with Crippen LogP contribution in [0.3, 0.4) is 0 Å². The van der Waals surface area contributed by atoms with Crippen molar-refractivity contribution in [2.24, 2.45) is 0 Å². The molecule has 0 spiro atoms. The van der Waals surface area contributed by atoms with Gasteiger partial charge in [-0.2, -0.15) is 0 Å². The average molecular weight is 603 g/mol. The second-order valence-electron chi connectivity index (χ2n) is 9.74. The molecule has 3 aromatic rings. The van der Waals surface area contributed by atoms with E-state index in [1.54, 1.807) is 13.0 Å². The molecular weight excluding hydrogens is 568 g/mol. The van der Waals surface area contributed by atoms with E-state index in [-0.39, 0.29) is 35.0 Å². The number of allylic oxidation sites excluding steroid dienone is 1. The van der Waals surface area contributed by atoms with Crippen molar-refractivity contribution in [2.45, 2.75) is 52.4 Å². The van der Waals surface area contributed by atoms with Crippen molar-refractivity contribution in [3.05, 3.63) is 96.1 Å². The maximum Gasteiger partial charge on any atom is 0.513 e. The van der Waals surface area contributed by atoms with Gasteiger partial charge in [0.2, 0.25) is 0 Å². The number of hydrogen-bond acceptors (Lipinski definition) is 10. The van der Waals surface area contributed by atoms with E-state index in [1.165, 1.54) is 73.7 Å². The van der Waals surface area contributed by atoms with Gasteiger partial charge in [0.1, 0.15) is 23.0 Å². The summed E-state index contributed by atoms with van der Waals surface area (Å²) < 4.78 is 26.0. The number of ketones is 1. The zero-order valence-corrected chi connectivity index (χ0v) is 24.7. The monoisotopic (exact) mass is 602 g/mol. The Morgan fingerprint density at radius 1 is 0.659 bits per heavy atom. The quantitative estimate of drug-likeness (QED) is 0.0591. The molecule has 3 aromatic carbocycles. The third-order valence-corrected chi connectivity index (χ3v) is 6.22. The smallest absolute Gasteiger partial charge is 0.434 e. The van der Waals surface area contributed by atoms with Crippen molar-refractivity contribution in [1.29, 1.82) is 0 Å². The molecule has 0 aliphatic rings. The Morgan fingerprint density at radius 2 is 1.20 bits per heavy atom. The summed E-state index contributed by atoms with van der Waals surface area (Å²) in [6.45, 7) is 6.67. The molecular formula is C34H34O10. The second-order valence-corrected chi connectivity index (χ2v) is 9.74. The summed E-state index contributed by atoms with van der Waals surface area (Å²) in [6, 6.07) is 16.3. The number of aryl methyl sites for hydroxylation is 1. The Labute approximate surface area is 255 Å². The van der Waals surface area contributed by atoms with Crippen LogP contribution in [0.25, 0.3) is 0 Å². The zero-order valence-electron chi connectivity index (χ0n) is 24.7. The normalized spacial score (nSPS) is 10.3. The number of rotatable bonds is 15. The fraction of sp³-hybridized carbons (Fsp3) is 0.265. The van der Waals surface area contributed by atoms with Gasteiger partial charge in [0.05, 0.1) is 17.7 Å².